The minimum absolute atomic E-state index is 0.190. The molecule has 0 unspecified atom stereocenters. The van der Waals surface area contributed by atoms with Gasteiger partial charge in [-0.3, -0.25) is 4.79 Å². The van der Waals surface area contributed by atoms with E-state index < -0.39 is 5.82 Å². The lowest BCUT2D eigenvalue weighted by molar-refractivity contribution is 0.0929. The number of carbonyl (C=O) groups excluding carboxylic acids is 1. The van der Waals surface area contributed by atoms with Crippen LogP contribution in [-0.2, 0) is 0 Å². The average Bonchev–Trinajstić information content (AvgIpc) is 2.34. The Bertz CT molecular complexity index is 419. The van der Waals surface area contributed by atoms with Crippen LogP contribution in [0.1, 0.15) is 23.2 Å². The molecule has 1 fully saturated rings. The minimum Gasteiger partial charge on any atom is -0.349 e. The highest BCUT2D eigenvalue weighted by Gasteiger charge is 2.16. The third-order valence-electron chi connectivity index (χ3n) is 2.86. The maximum atomic E-state index is 13.3. The first-order valence-corrected chi connectivity index (χ1v) is 6.43. The van der Waals surface area contributed by atoms with Crippen molar-refractivity contribution in [1.29, 1.82) is 0 Å². The zero-order chi connectivity index (χ0) is 12.3. The average molecular weight is 301 g/mol. The molecule has 1 amide bonds. The molecular weight excluding hydrogens is 287 g/mol. The zero-order valence-electron chi connectivity index (χ0n) is 9.30. The third-order valence-corrected chi connectivity index (χ3v) is 3.50. The predicted octanol–water partition coefficient (Wildman–Crippen LogP) is 2.07. The smallest absolute Gasteiger partial charge is 0.251 e. The molecule has 1 aliphatic heterocycles. The molecule has 0 aromatic heterocycles. The van der Waals surface area contributed by atoms with Crippen molar-refractivity contribution in [2.75, 3.05) is 13.1 Å². The Morgan fingerprint density at radius 1 is 1.41 bits per heavy atom. The van der Waals surface area contributed by atoms with Gasteiger partial charge in [0.25, 0.3) is 5.91 Å². The number of amides is 1. The number of rotatable bonds is 2. The minimum atomic E-state index is -0.414. The maximum Gasteiger partial charge on any atom is 0.251 e. The molecule has 92 valence electrons. The van der Waals surface area contributed by atoms with Crippen LogP contribution in [0.15, 0.2) is 22.7 Å². The van der Waals surface area contributed by atoms with Crippen molar-refractivity contribution in [2.45, 2.75) is 18.9 Å². The summed E-state index contributed by atoms with van der Waals surface area (Å²) in [5.74, 6) is -0.619. The summed E-state index contributed by atoms with van der Waals surface area (Å²) in [6.07, 6.45) is 1.84. The quantitative estimate of drug-likeness (QED) is 0.878. The second kappa shape index (κ2) is 5.60. The fourth-order valence-electron chi connectivity index (χ4n) is 1.87. The Hall–Kier alpha value is -0.940. The van der Waals surface area contributed by atoms with Crippen molar-refractivity contribution in [2.24, 2.45) is 0 Å². The molecule has 3 nitrogen and oxygen atoms in total. The van der Waals surface area contributed by atoms with Crippen LogP contribution in [0.3, 0.4) is 0 Å². The van der Waals surface area contributed by atoms with Gasteiger partial charge < -0.3 is 10.6 Å². The van der Waals surface area contributed by atoms with Crippen LogP contribution in [-0.4, -0.2) is 25.0 Å². The fraction of sp³-hybridized carbons (Fsp3) is 0.417. The number of hydrogen-bond donors (Lipinski definition) is 2. The van der Waals surface area contributed by atoms with E-state index in [-0.39, 0.29) is 11.9 Å². The van der Waals surface area contributed by atoms with Crippen LogP contribution in [0.2, 0.25) is 0 Å². The molecule has 5 heteroatoms. The van der Waals surface area contributed by atoms with Crippen molar-refractivity contribution in [3.8, 4) is 0 Å². The standard InChI is InChI=1S/C12H14BrFN2O/c13-10-2-1-8(7-11(10)14)12(17)16-9-3-5-15-6-4-9/h1-2,7,9,15H,3-6H2,(H,16,17). The van der Waals surface area contributed by atoms with Gasteiger partial charge in [0.05, 0.1) is 4.47 Å². The van der Waals surface area contributed by atoms with E-state index in [0.29, 0.717) is 10.0 Å². The molecule has 0 bridgehead atoms. The van der Waals surface area contributed by atoms with Gasteiger partial charge in [-0.15, -0.1) is 0 Å². The zero-order valence-corrected chi connectivity index (χ0v) is 10.9. The van der Waals surface area contributed by atoms with Crippen LogP contribution in [0.5, 0.6) is 0 Å². The van der Waals surface area contributed by atoms with E-state index in [4.69, 9.17) is 0 Å². The van der Waals surface area contributed by atoms with Crippen LogP contribution < -0.4 is 10.6 Å². The Morgan fingerprint density at radius 3 is 2.76 bits per heavy atom. The number of benzene rings is 1. The summed E-state index contributed by atoms with van der Waals surface area (Å²) < 4.78 is 13.7. The van der Waals surface area contributed by atoms with Gasteiger partial charge in [-0.05, 0) is 60.1 Å². The fourth-order valence-corrected chi connectivity index (χ4v) is 2.12. The molecule has 0 spiro atoms. The number of nitrogens with one attached hydrogen (secondary N) is 2. The molecule has 2 rings (SSSR count). The highest BCUT2D eigenvalue weighted by atomic mass is 79.9. The molecule has 0 atom stereocenters. The number of halogens is 2. The topological polar surface area (TPSA) is 41.1 Å². The summed E-state index contributed by atoms with van der Waals surface area (Å²) in [6.45, 7) is 1.83. The van der Waals surface area contributed by atoms with Gasteiger partial charge >= 0.3 is 0 Å². The molecule has 1 aromatic carbocycles. The van der Waals surface area contributed by atoms with Gasteiger partial charge in [0.2, 0.25) is 0 Å². The van der Waals surface area contributed by atoms with E-state index in [1.54, 1.807) is 12.1 Å². The lowest BCUT2D eigenvalue weighted by Crippen LogP contribution is -2.42. The van der Waals surface area contributed by atoms with Crippen molar-refractivity contribution >= 4 is 21.8 Å². The Labute approximate surface area is 108 Å². The van der Waals surface area contributed by atoms with E-state index >= 15 is 0 Å². The molecule has 0 radical (unpaired) electrons. The SMILES string of the molecule is O=C(NC1CCNCC1)c1ccc(Br)c(F)c1. The summed E-state index contributed by atoms with van der Waals surface area (Å²) in [4.78, 5) is 11.9. The maximum absolute atomic E-state index is 13.3. The van der Waals surface area contributed by atoms with Crippen LogP contribution in [0.25, 0.3) is 0 Å². The molecule has 17 heavy (non-hydrogen) atoms. The number of carbonyl (C=O) groups is 1. The van der Waals surface area contributed by atoms with Gasteiger partial charge in [-0.1, -0.05) is 0 Å². The summed E-state index contributed by atoms with van der Waals surface area (Å²) in [5, 5.41) is 6.15. The molecule has 2 N–H and O–H groups in total. The molecule has 0 aliphatic carbocycles. The monoisotopic (exact) mass is 300 g/mol. The summed E-state index contributed by atoms with van der Waals surface area (Å²) in [7, 11) is 0. The van der Waals surface area contributed by atoms with Gasteiger partial charge in [-0.2, -0.15) is 0 Å². The van der Waals surface area contributed by atoms with Crippen molar-refractivity contribution in [3.63, 3.8) is 0 Å². The van der Waals surface area contributed by atoms with E-state index in [0.717, 1.165) is 25.9 Å². The van der Waals surface area contributed by atoms with Gasteiger partial charge in [0.15, 0.2) is 0 Å². The number of hydrogen-bond acceptors (Lipinski definition) is 2. The lowest BCUT2D eigenvalue weighted by atomic mass is 10.1. The highest BCUT2D eigenvalue weighted by Crippen LogP contribution is 2.16. The second-order valence-electron chi connectivity index (χ2n) is 4.13. The second-order valence-corrected chi connectivity index (χ2v) is 4.98. The summed E-state index contributed by atoms with van der Waals surface area (Å²) in [6, 6.07) is 4.60. The van der Waals surface area contributed by atoms with Crippen LogP contribution in [0.4, 0.5) is 4.39 Å². The molecule has 1 aliphatic rings. The van der Waals surface area contributed by atoms with Crippen LogP contribution >= 0.6 is 15.9 Å². The number of piperidine rings is 1. The predicted molar refractivity (Wildman–Crippen MR) is 67.5 cm³/mol. The van der Waals surface area contributed by atoms with Crippen molar-refractivity contribution < 1.29 is 9.18 Å². The van der Waals surface area contributed by atoms with E-state index in [2.05, 4.69) is 26.6 Å². The summed E-state index contributed by atoms with van der Waals surface area (Å²) in [5.41, 5.74) is 0.365. The van der Waals surface area contributed by atoms with Gasteiger partial charge in [-0.25, -0.2) is 4.39 Å². The van der Waals surface area contributed by atoms with Gasteiger partial charge in [0.1, 0.15) is 5.82 Å². The molecule has 1 saturated heterocycles. The van der Waals surface area contributed by atoms with Gasteiger partial charge in [0, 0.05) is 11.6 Å². The Morgan fingerprint density at radius 2 is 2.12 bits per heavy atom. The Kier molecular flexibility index (Phi) is 4.12. The Balaban J connectivity index is 2.01. The lowest BCUT2D eigenvalue weighted by Gasteiger charge is -2.23. The molecular formula is C12H14BrFN2O. The van der Waals surface area contributed by atoms with Crippen LogP contribution in [0, 0.1) is 5.82 Å². The van der Waals surface area contributed by atoms with E-state index in [9.17, 15) is 9.18 Å². The molecule has 1 aromatic rings. The van der Waals surface area contributed by atoms with E-state index in [1.807, 2.05) is 0 Å². The van der Waals surface area contributed by atoms with Crippen molar-refractivity contribution in [3.05, 3.63) is 34.1 Å². The molecule has 1 heterocycles. The van der Waals surface area contributed by atoms with Crippen molar-refractivity contribution in [1.82, 2.24) is 10.6 Å². The first-order valence-electron chi connectivity index (χ1n) is 5.63. The first-order chi connectivity index (χ1) is 8.16. The summed E-state index contributed by atoms with van der Waals surface area (Å²) >= 11 is 3.06. The third kappa shape index (κ3) is 3.26. The molecule has 0 saturated carbocycles. The normalized spacial score (nSPS) is 16.8. The highest BCUT2D eigenvalue weighted by molar-refractivity contribution is 9.10. The first kappa shape index (κ1) is 12.5. The largest absolute Gasteiger partial charge is 0.349 e. The van der Waals surface area contributed by atoms with E-state index in [1.165, 1.54) is 6.07 Å².